The average Bonchev–Trinajstić information content (AvgIpc) is 2.67. The second kappa shape index (κ2) is 10.8. The van der Waals surface area contributed by atoms with Gasteiger partial charge in [0.15, 0.2) is 0 Å². The first-order chi connectivity index (χ1) is 14.2. The number of hydrogen-bond donors (Lipinski definition) is 4. The van der Waals surface area contributed by atoms with Crippen molar-refractivity contribution in [3.8, 4) is 0 Å². The Morgan fingerprint density at radius 1 is 0.900 bits per heavy atom. The Bertz CT molecular complexity index is 973. The molecule has 0 aliphatic heterocycles. The molecule has 1 atom stereocenters. The molecule has 0 aromatic heterocycles. The Balaban J connectivity index is 1.94. The van der Waals surface area contributed by atoms with E-state index in [0.29, 0.717) is 17.1 Å². The fraction of sp³-hybridized carbons (Fsp3) is 0.143. The van der Waals surface area contributed by atoms with Gasteiger partial charge in [-0.25, -0.2) is 4.79 Å². The molecule has 0 saturated carbocycles. The number of benzene rings is 2. The van der Waals surface area contributed by atoms with Crippen molar-refractivity contribution < 1.29 is 24.3 Å². The van der Waals surface area contributed by atoms with E-state index in [1.807, 2.05) is 0 Å². The standard InChI is InChI=1S/C21H21N3O5S/c1-13(21(29)24-16-8-6-15(7-9-16)22-14(2)25)30-18-5-3-4-17(12-18)23-19(26)10-11-20(27)28/h3-13H,1-2H3,(H,22,25)(H,23,26)(H,24,29)(H,27,28)/b11-10+. The summed E-state index contributed by atoms with van der Waals surface area (Å²) in [4.78, 5) is 46.4. The van der Waals surface area contributed by atoms with Crippen LogP contribution < -0.4 is 16.0 Å². The van der Waals surface area contributed by atoms with E-state index in [9.17, 15) is 19.2 Å². The van der Waals surface area contributed by atoms with Crippen molar-refractivity contribution in [2.45, 2.75) is 24.0 Å². The molecular formula is C21H21N3O5S. The molecule has 0 fully saturated rings. The third-order valence-corrected chi connectivity index (χ3v) is 4.73. The molecule has 30 heavy (non-hydrogen) atoms. The van der Waals surface area contributed by atoms with Crippen LogP contribution in [0.3, 0.4) is 0 Å². The molecule has 3 amide bonds. The SMILES string of the molecule is CC(=O)Nc1ccc(NC(=O)C(C)Sc2cccc(NC(=O)/C=C/C(=O)O)c2)cc1. The zero-order chi connectivity index (χ0) is 22.1. The van der Waals surface area contributed by atoms with Gasteiger partial charge in [0.05, 0.1) is 5.25 Å². The van der Waals surface area contributed by atoms with E-state index < -0.39 is 17.1 Å². The van der Waals surface area contributed by atoms with Crippen molar-refractivity contribution in [1.29, 1.82) is 0 Å². The third-order valence-electron chi connectivity index (χ3n) is 3.63. The van der Waals surface area contributed by atoms with Gasteiger partial charge < -0.3 is 21.1 Å². The van der Waals surface area contributed by atoms with Crippen LogP contribution in [0.15, 0.2) is 65.6 Å². The number of carbonyl (C=O) groups is 4. The topological polar surface area (TPSA) is 125 Å². The number of carboxylic acids is 1. The number of amides is 3. The van der Waals surface area contributed by atoms with E-state index in [4.69, 9.17) is 5.11 Å². The molecule has 2 aromatic carbocycles. The Kier molecular flexibility index (Phi) is 8.18. The van der Waals surface area contributed by atoms with Crippen LogP contribution in [0.25, 0.3) is 0 Å². The van der Waals surface area contributed by atoms with Crippen molar-refractivity contribution in [3.05, 3.63) is 60.7 Å². The molecule has 0 spiro atoms. The highest BCUT2D eigenvalue weighted by Crippen LogP contribution is 2.27. The van der Waals surface area contributed by atoms with E-state index in [1.54, 1.807) is 55.5 Å². The molecule has 4 N–H and O–H groups in total. The van der Waals surface area contributed by atoms with Gasteiger partial charge in [-0.05, 0) is 49.4 Å². The minimum absolute atomic E-state index is 0.173. The van der Waals surface area contributed by atoms with Gasteiger partial charge in [0.2, 0.25) is 17.7 Å². The minimum atomic E-state index is -1.21. The summed E-state index contributed by atoms with van der Waals surface area (Å²) in [5, 5.41) is 16.2. The van der Waals surface area contributed by atoms with Crippen LogP contribution in [-0.4, -0.2) is 34.0 Å². The molecule has 0 aliphatic carbocycles. The van der Waals surface area contributed by atoms with Crippen LogP contribution >= 0.6 is 11.8 Å². The first-order valence-corrected chi connectivity index (χ1v) is 9.78. The summed E-state index contributed by atoms with van der Waals surface area (Å²) < 4.78 is 0. The molecule has 9 heteroatoms. The van der Waals surface area contributed by atoms with Gasteiger partial charge in [0.1, 0.15) is 0 Å². The van der Waals surface area contributed by atoms with E-state index in [0.717, 1.165) is 17.0 Å². The highest BCUT2D eigenvalue weighted by Gasteiger charge is 2.15. The lowest BCUT2D eigenvalue weighted by atomic mass is 10.2. The van der Waals surface area contributed by atoms with Crippen LogP contribution in [0.1, 0.15) is 13.8 Å². The molecule has 0 aliphatic rings. The first-order valence-electron chi connectivity index (χ1n) is 8.90. The van der Waals surface area contributed by atoms with Crippen molar-refractivity contribution in [2.75, 3.05) is 16.0 Å². The summed E-state index contributed by atoms with van der Waals surface area (Å²) in [6.45, 7) is 3.17. The van der Waals surface area contributed by atoms with Gasteiger partial charge in [-0.15, -0.1) is 11.8 Å². The smallest absolute Gasteiger partial charge is 0.328 e. The summed E-state index contributed by atoms with van der Waals surface area (Å²) in [5.74, 6) is -2.15. The lowest BCUT2D eigenvalue weighted by molar-refractivity contribution is -0.131. The van der Waals surface area contributed by atoms with Crippen LogP contribution in [0.2, 0.25) is 0 Å². The van der Waals surface area contributed by atoms with Crippen molar-refractivity contribution in [1.82, 2.24) is 0 Å². The normalized spacial score (nSPS) is 11.5. The number of thioether (sulfide) groups is 1. The maximum atomic E-state index is 12.5. The monoisotopic (exact) mass is 427 g/mol. The number of carboxylic acid groups (broad SMARTS) is 1. The molecule has 0 radical (unpaired) electrons. The van der Waals surface area contributed by atoms with E-state index >= 15 is 0 Å². The van der Waals surface area contributed by atoms with Crippen LogP contribution in [0, 0.1) is 0 Å². The quantitative estimate of drug-likeness (QED) is 0.378. The Morgan fingerprint density at radius 2 is 1.53 bits per heavy atom. The molecule has 1 unspecified atom stereocenters. The lowest BCUT2D eigenvalue weighted by Crippen LogP contribution is -2.22. The molecule has 2 aromatic rings. The summed E-state index contributed by atoms with van der Waals surface area (Å²) in [6.07, 6.45) is 1.68. The summed E-state index contributed by atoms with van der Waals surface area (Å²) in [7, 11) is 0. The first kappa shape index (κ1) is 22.7. The Labute approximate surface area is 177 Å². The summed E-state index contributed by atoms with van der Waals surface area (Å²) in [6, 6.07) is 13.7. The van der Waals surface area contributed by atoms with E-state index in [1.165, 1.54) is 18.7 Å². The van der Waals surface area contributed by atoms with Crippen LogP contribution in [0.4, 0.5) is 17.1 Å². The minimum Gasteiger partial charge on any atom is -0.478 e. The van der Waals surface area contributed by atoms with Crippen LogP contribution in [0.5, 0.6) is 0 Å². The summed E-state index contributed by atoms with van der Waals surface area (Å²) >= 11 is 1.31. The highest BCUT2D eigenvalue weighted by atomic mass is 32.2. The van der Waals surface area contributed by atoms with E-state index in [2.05, 4.69) is 16.0 Å². The van der Waals surface area contributed by atoms with Gasteiger partial charge >= 0.3 is 5.97 Å². The summed E-state index contributed by atoms with van der Waals surface area (Å²) in [5.41, 5.74) is 1.73. The lowest BCUT2D eigenvalue weighted by Gasteiger charge is -2.13. The predicted octanol–water partition coefficient (Wildman–Crippen LogP) is 3.34. The zero-order valence-electron chi connectivity index (χ0n) is 16.3. The predicted molar refractivity (Wildman–Crippen MR) is 117 cm³/mol. The maximum absolute atomic E-state index is 12.5. The molecule has 0 bridgehead atoms. The van der Waals surface area contributed by atoms with Crippen molar-refractivity contribution in [2.24, 2.45) is 0 Å². The van der Waals surface area contributed by atoms with Gasteiger partial charge in [0, 0.05) is 41.0 Å². The van der Waals surface area contributed by atoms with Gasteiger partial charge in [-0.1, -0.05) is 6.07 Å². The number of anilines is 3. The Hall–Kier alpha value is -3.59. The van der Waals surface area contributed by atoms with E-state index in [-0.39, 0.29) is 11.8 Å². The second-order valence-electron chi connectivity index (χ2n) is 6.20. The molecule has 156 valence electrons. The van der Waals surface area contributed by atoms with Crippen LogP contribution in [-0.2, 0) is 19.2 Å². The number of hydrogen-bond acceptors (Lipinski definition) is 5. The second-order valence-corrected chi connectivity index (χ2v) is 7.61. The fourth-order valence-electron chi connectivity index (χ4n) is 2.32. The van der Waals surface area contributed by atoms with Crippen molar-refractivity contribution >= 4 is 52.5 Å². The third kappa shape index (κ3) is 7.80. The van der Waals surface area contributed by atoms with Gasteiger partial charge in [0.25, 0.3) is 0 Å². The molecule has 0 heterocycles. The zero-order valence-corrected chi connectivity index (χ0v) is 17.2. The number of rotatable bonds is 8. The average molecular weight is 427 g/mol. The number of aliphatic carboxylic acids is 1. The Morgan fingerprint density at radius 3 is 2.13 bits per heavy atom. The fourth-order valence-corrected chi connectivity index (χ4v) is 3.25. The largest absolute Gasteiger partial charge is 0.478 e. The molecule has 0 saturated heterocycles. The number of nitrogens with one attached hydrogen (secondary N) is 3. The number of carbonyl (C=O) groups excluding carboxylic acids is 3. The molecule has 2 rings (SSSR count). The van der Waals surface area contributed by atoms with Gasteiger partial charge in [-0.2, -0.15) is 0 Å². The van der Waals surface area contributed by atoms with Gasteiger partial charge in [-0.3, -0.25) is 14.4 Å². The molecular weight excluding hydrogens is 406 g/mol. The van der Waals surface area contributed by atoms with Crippen molar-refractivity contribution in [3.63, 3.8) is 0 Å². The highest BCUT2D eigenvalue weighted by molar-refractivity contribution is 8.00. The maximum Gasteiger partial charge on any atom is 0.328 e. The molecule has 8 nitrogen and oxygen atoms in total.